The number of thiazole rings is 1. The van der Waals surface area contributed by atoms with Gasteiger partial charge in [-0.1, -0.05) is 12.1 Å². The third kappa shape index (κ3) is 3.51. The third-order valence-electron chi connectivity index (χ3n) is 3.83. The lowest BCUT2D eigenvalue weighted by molar-refractivity contribution is 0.0955. The molecule has 3 rings (SSSR count). The van der Waals surface area contributed by atoms with Crippen LogP contribution in [0.25, 0.3) is 10.6 Å². The molecule has 0 spiro atoms. The van der Waals surface area contributed by atoms with Crippen molar-refractivity contribution >= 4 is 17.2 Å². The van der Waals surface area contributed by atoms with Crippen LogP contribution in [-0.4, -0.2) is 30.5 Å². The second-order valence-electron chi connectivity index (χ2n) is 5.41. The van der Waals surface area contributed by atoms with Gasteiger partial charge < -0.3 is 10.6 Å². The monoisotopic (exact) mass is 319 g/mol. The summed E-state index contributed by atoms with van der Waals surface area (Å²) in [6.07, 6.45) is 3.67. The highest BCUT2D eigenvalue weighted by Crippen LogP contribution is 2.27. The Morgan fingerprint density at radius 2 is 2.32 bits per heavy atom. The molecule has 1 aromatic carbocycles. The zero-order valence-corrected chi connectivity index (χ0v) is 13.0. The highest BCUT2D eigenvalue weighted by molar-refractivity contribution is 7.16. The van der Waals surface area contributed by atoms with E-state index in [4.69, 9.17) is 0 Å². The largest absolute Gasteiger partial charge is 0.351 e. The van der Waals surface area contributed by atoms with Crippen LogP contribution in [0.3, 0.4) is 0 Å². The van der Waals surface area contributed by atoms with E-state index < -0.39 is 0 Å². The number of aromatic nitrogens is 1. The number of carbonyl (C=O) groups is 1. The average Bonchev–Trinajstić information content (AvgIpc) is 3.19. The lowest BCUT2D eigenvalue weighted by Gasteiger charge is -2.08. The molecular weight excluding hydrogens is 301 g/mol. The van der Waals surface area contributed by atoms with E-state index in [9.17, 15) is 9.18 Å². The SMILES string of the molecule is O=C(NCCC1CCNC1)c1cnc(-c2ccccc2F)s1. The Kier molecular flexibility index (Phi) is 4.80. The van der Waals surface area contributed by atoms with Crippen LogP contribution < -0.4 is 10.6 Å². The van der Waals surface area contributed by atoms with E-state index in [1.807, 2.05) is 0 Å². The van der Waals surface area contributed by atoms with Crippen LogP contribution in [0.15, 0.2) is 30.5 Å². The van der Waals surface area contributed by atoms with Gasteiger partial charge in [0.2, 0.25) is 0 Å². The molecule has 0 aliphatic carbocycles. The quantitative estimate of drug-likeness (QED) is 0.891. The van der Waals surface area contributed by atoms with Crippen LogP contribution in [0.1, 0.15) is 22.5 Å². The number of hydrogen-bond donors (Lipinski definition) is 2. The number of rotatable bonds is 5. The minimum atomic E-state index is -0.322. The molecule has 2 heterocycles. The average molecular weight is 319 g/mol. The molecule has 1 aromatic heterocycles. The maximum Gasteiger partial charge on any atom is 0.263 e. The van der Waals surface area contributed by atoms with Crippen molar-refractivity contribution in [1.82, 2.24) is 15.6 Å². The number of hydrogen-bond acceptors (Lipinski definition) is 4. The van der Waals surface area contributed by atoms with Gasteiger partial charge in [-0.3, -0.25) is 4.79 Å². The smallest absolute Gasteiger partial charge is 0.263 e. The predicted molar refractivity (Wildman–Crippen MR) is 85.4 cm³/mol. The molecule has 0 bridgehead atoms. The molecule has 1 atom stereocenters. The van der Waals surface area contributed by atoms with Crippen molar-refractivity contribution in [3.63, 3.8) is 0 Å². The molecule has 6 heteroatoms. The summed E-state index contributed by atoms with van der Waals surface area (Å²) in [5.74, 6) is 0.194. The molecule has 1 amide bonds. The molecule has 4 nitrogen and oxygen atoms in total. The lowest BCUT2D eigenvalue weighted by atomic mass is 10.1. The van der Waals surface area contributed by atoms with Gasteiger partial charge in [-0.05, 0) is 44.0 Å². The van der Waals surface area contributed by atoms with E-state index in [0.29, 0.717) is 27.9 Å². The summed E-state index contributed by atoms with van der Waals surface area (Å²) < 4.78 is 13.7. The van der Waals surface area contributed by atoms with Gasteiger partial charge in [-0.15, -0.1) is 11.3 Å². The third-order valence-corrected chi connectivity index (χ3v) is 4.86. The molecule has 22 heavy (non-hydrogen) atoms. The highest BCUT2D eigenvalue weighted by atomic mass is 32.1. The van der Waals surface area contributed by atoms with Crippen LogP contribution in [0.2, 0.25) is 0 Å². The molecule has 2 N–H and O–H groups in total. The molecule has 116 valence electrons. The summed E-state index contributed by atoms with van der Waals surface area (Å²) in [4.78, 5) is 16.8. The predicted octanol–water partition coefficient (Wildman–Crippen LogP) is 2.68. The maximum absolute atomic E-state index is 13.7. The first-order chi connectivity index (χ1) is 10.7. The summed E-state index contributed by atoms with van der Waals surface area (Å²) in [6.45, 7) is 2.77. The van der Waals surface area contributed by atoms with Gasteiger partial charge in [0.05, 0.1) is 6.20 Å². The molecule has 1 aliphatic rings. The Hall–Kier alpha value is -1.79. The maximum atomic E-state index is 13.7. The Bertz CT molecular complexity index is 652. The highest BCUT2D eigenvalue weighted by Gasteiger charge is 2.16. The van der Waals surface area contributed by atoms with E-state index in [0.717, 1.165) is 19.5 Å². The van der Waals surface area contributed by atoms with Gasteiger partial charge in [0.25, 0.3) is 5.91 Å². The van der Waals surface area contributed by atoms with Gasteiger partial charge in [-0.25, -0.2) is 9.37 Å². The number of nitrogens with one attached hydrogen (secondary N) is 2. The topological polar surface area (TPSA) is 54.0 Å². The zero-order valence-electron chi connectivity index (χ0n) is 12.1. The van der Waals surface area contributed by atoms with Gasteiger partial charge in [0.15, 0.2) is 0 Å². The molecule has 1 aliphatic heterocycles. The van der Waals surface area contributed by atoms with Crippen molar-refractivity contribution < 1.29 is 9.18 Å². The molecule has 1 fully saturated rings. The molecule has 2 aromatic rings. The van der Waals surface area contributed by atoms with Crippen molar-refractivity contribution in [3.05, 3.63) is 41.2 Å². The first-order valence-electron chi connectivity index (χ1n) is 7.43. The van der Waals surface area contributed by atoms with Crippen LogP contribution in [0.5, 0.6) is 0 Å². The van der Waals surface area contributed by atoms with Crippen LogP contribution in [0.4, 0.5) is 4.39 Å². The summed E-state index contributed by atoms with van der Waals surface area (Å²) in [5, 5.41) is 6.76. The van der Waals surface area contributed by atoms with Crippen LogP contribution in [0, 0.1) is 11.7 Å². The van der Waals surface area contributed by atoms with Gasteiger partial charge in [0, 0.05) is 12.1 Å². The normalized spacial score (nSPS) is 17.6. The fourth-order valence-electron chi connectivity index (χ4n) is 2.58. The summed E-state index contributed by atoms with van der Waals surface area (Å²) >= 11 is 1.22. The van der Waals surface area contributed by atoms with Crippen molar-refractivity contribution in [1.29, 1.82) is 0 Å². The zero-order chi connectivity index (χ0) is 15.4. The standard InChI is InChI=1S/C16H18FN3OS/c17-13-4-2-1-3-12(13)16-20-10-14(22-16)15(21)19-8-6-11-5-7-18-9-11/h1-4,10-11,18H,5-9H2,(H,19,21). The molecule has 1 saturated heterocycles. The van der Waals surface area contributed by atoms with Gasteiger partial charge in [0.1, 0.15) is 15.7 Å². The van der Waals surface area contributed by atoms with Crippen molar-refractivity contribution in [2.75, 3.05) is 19.6 Å². The Morgan fingerprint density at radius 3 is 3.09 bits per heavy atom. The van der Waals surface area contributed by atoms with E-state index in [2.05, 4.69) is 15.6 Å². The molecule has 0 radical (unpaired) electrons. The number of halogens is 1. The lowest BCUT2D eigenvalue weighted by Crippen LogP contribution is -2.25. The number of amides is 1. The number of carbonyl (C=O) groups excluding carboxylic acids is 1. The minimum Gasteiger partial charge on any atom is -0.351 e. The van der Waals surface area contributed by atoms with Crippen molar-refractivity contribution in [2.24, 2.45) is 5.92 Å². The second-order valence-corrected chi connectivity index (χ2v) is 6.44. The second kappa shape index (κ2) is 6.98. The molecule has 1 unspecified atom stereocenters. The summed E-state index contributed by atoms with van der Waals surface area (Å²) in [6, 6.07) is 6.46. The van der Waals surface area contributed by atoms with Crippen molar-refractivity contribution in [3.8, 4) is 10.6 Å². The Morgan fingerprint density at radius 1 is 1.45 bits per heavy atom. The Balaban J connectivity index is 1.58. The molecular formula is C16H18FN3OS. The fraction of sp³-hybridized carbons (Fsp3) is 0.375. The van der Waals surface area contributed by atoms with Crippen molar-refractivity contribution in [2.45, 2.75) is 12.8 Å². The van der Waals surface area contributed by atoms with E-state index in [1.165, 1.54) is 30.0 Å². The van der Waals surface area contributed by atoms with Gasteiger partial charge in [-0.2, -0.15) is 0 Å². The fourth-order valence-corrected chi connectivity index (χ4v) is 3.44. The summed E-state index contributed by atoms with van der Waals surface area (Å²) in [5.41, 5.74) is 0.434. The minimum absolute atomic E-state index is 0.133. The molecule has 0 saturated carbocycles. The first kappa shape index (κ1) is 15.1. The summed E-state index contributed by atoms with van der Waals surface area (Å²) in [7, 11) is 0. The van der Waals surface area contributed by atoms with E-state index >= 15 is 0 Å². The number of nitrogens with zero attached hydrogens (tertiary/aromatic N) is 1. The van der Waals surface area contributed by atoms with E-state index in [-0.39, 0.29) is 11.7 Å². The van der Waals surface area contributed by atoms with Gasteiger partial charge >= 0.3 is 0 Å². The Labute approximate surface area is 132 Å². The van der Waals surface area contributed by atoms with Crippen LogP contribution >= 0.6 is 11.3 Å². The van der Waals surface area contributed by atoms with Crippen LogP contribution in [-0.2, 0) is 0 Å². The number of benzene rings is 1. The van der Waals surface area contributed by atoms with E-state index in [1.54, 1.807) is 18.2 Å². The first-order valence-corrected chi connectivity index (χ1v) is 8.25.